The topological polar surface area (TPSA) is 98.8 Å². The number of alkyl halides is 7. The smallest absolute Gasteiger partial charge is 0.456 e. The minimum Gasteiger partial charge on any atom is -0.485 e. The standard InChI is InChI=1S/C20H16F8N4O3/c1-17(18(22,23)8-35-16(29)32-17)12-6-10(2-4-13(12)21)31-15(33)14-5-3-11(7-30-14)34-9-19(24,25)20(26,27)28/h2-7H,8-9H2,1H3,(H2,29,32)(H,31,33)/t17-/m1/s1. The Bertz CT molecular complexity index is 1140. The number of aliphatic imine (C=N–C) groups is 1. The molecule has 1 aromatic heterocycles. The summed E-state index contributed by atoms with van der Waals surface area (Å²) in [5.41, 5.74) is 1.87. The molecule has 0 fully saturated rings. The lowest BCUT2D eigenvalue weighted by atomic mass is 9.85. The SMILES string of the molecule is C[C@]1(c2cc(NC(=O)c3ccc(OCC(F)(F)C(F)(F)F)cn3)ccc2F)N=C(N)OCC1(F)F. The molecule has 7 nitrogen and oxygen atoms in total. The van der Waals surface area contributed by atoms with E-state index in [9.17, 15) is 39.9 Å². The molecule has 35 heavy (non-hydrogen) atoms. The van der Waals surface area contributed by atoms with Crippen molar-refractivity contribution < 1.29 is 49.4 Å². The van der Waals surface area contributed by atoms with Crippen LogP contribution in [0.15, 0.2) is 41.5 Å². The maximum absolute atomic E-state index is 14.5. The van der Waals surface area contributed by atoms with Crippen molar-refractivity contribution in [1.29, 1.82) is 0 Å². The number of rotatable bonds is 6. The molecule has 3 rings (SSSR count). The number of amides is 1. The summed E-state index contributed by atoms with van der Waals surface area (Å²) in [7, 11) is 0. The molecule has 0 saturated carbocycles. The van der Waals surface area contributed by atoms with Crippen molar-refractivity contribution in [2.24, 2.45) is 10.7 Å². The quantitative estimate of drug-likeness (QED) is 0.565. The number of halogens is 8. The van der Waals surface area contributed by atoms with Gasteiger partial charge in [0.2, 0.25) is 0 Å². The first-order valence-electron chi connectivity index (χ1n) is 9.56. The van der Waals surface area contributed by atoms with Crippen LogP contribution in [0.1, 0.15) is 23.0 Å². The second-order valence-electron chi connectivity index (χ2n) is 7.53. The van der Waals surface area contributed by atoms with E-state index < -0.39 is 65.8 Å². The van der Waals surface area contributed by atoms with Gasteiger partial charge in [0.15, 0.2) is 18.8 Å². The highest BCUT2D eigenvalue weighted by atomic mass is 19.4. The van der Waals surface area contributed by atoms with E-state index >= 15 is 0 Å². The Balaban J connectivity index is 1.76. The van der Waals surface area contributed by atoms with Crippen molar-refractivity contribution >= 4 is 17.6 Å². The third-order valence-corrected chi connectivity index (χ3v) is 5.00. The van der Waals surface area contributed by atoms with Gasteiger partial charge < -0.3 is 20.5 Å². The van der Waals surface area contributed by atoms with Crippen molar-refractivity contribution in [3.05, 3.63) is 53.6 Å². The maximum atomic E-state index is 14.5. The van der Waals surface area contributed by atoms with Crippen molar-refractivity contribution in [1.82, 2.24) is 4.98 Å². The molecule has 0 saturated heterocycles. The molecule has 1 aromatic carbocycles. The molecule has 2 aromatic rings. The summed E-state index contributed by atoms with van der Waals surface area (Å²) in [4.78, 5) is 19.6. The maximum Gasteiger partial charge on any atom is 0.456 e. The number of amidine groups is 1. The van der Waals surface area contributed by atoms with Crippen molar-refractivity contribution in [2.45, 2.75) is 30.5 Å². The number of carbonyl (C=O) groups excluding carboxylic acids is 1. The highest BCUT2D eigenvalue weighted by Gasteiger charge is 2.58. The molecule has 0 spiro atoms. The third-order valence-electron chi connectivity index (χ3n) is 5.00. The lowest BCUT2D eigenvalue weighted by Crippen LogP contribution is -2.51. The molecule has 190 valence electrons. The second-order valence-corrected chi connectivity index (χ2v) is 7.53. The van der Waals surface area contributed by atoms with E-state index in [1.807, 2.05) is 0 Å². The Hall–Kier alpha value is -3.65. The fourth-order valence-electron chi connectivity index (χ4n) is 2.92. The van der Waals surface area contributed by atoms with Crippen LogP contribution in [0.3, 0.4) is 0 Å². The summed E-state index contributed by atoms with van der Waals surface area (Å²) < 4.78 is 115. The van der Waals surface area contributed by atoms with Gasteiger partial charge in [-0.05, 0) is 37.3 Å². The predicted molar refractivity (Wildman–Crippen MR) is 105 cm³/mol. The van der Waals surface area contributed by atoms with Gasteiger partial charge >= 0.3 is 18.0 Å². The zero-order valence-corrected chi connectivity index (χ0v) is 17.6. The van der Waals surface area contributed by atoms with Crippen LogP contribution in [0.2, 0.25) is 0 Å². The van der Waals surface area contributed by atoms with Crippen LogP contribution in [0.4, 0.5) is 40.8 Å². The first kappa shape index (κ1) is 26.0. The van der Waals surface area contributed by atoms with E-state index in [4.69, 9.17) is 5.73 Å². The van der Waals surface area contributed by atoms with Crippen LogP contribution in [0, 0.1) is 5.82 Å². The minimum absolute atomic E-state index is 0.129. The van der Waals surface area contributed by atoms with Gasteiger partial charge in [0.05, 0.1) is 6.20 Å². The number of nitrogens with two attached hydrogens (primary N) is 1. The molecule has 1 amide bonds. The van der Waals surface area contributed by atoms with E-state index in [1.54, 1.807) is 0 Å². The molecule has 3 N–H and O–H groups in total. The number of anilines is 1. The predicted octanol–water partition coefficient (Wildman–Crippen LogP) is 4.24. The van der Waals surface area contributed by atoms with E-state index in [1.165, 1.54) is 0 Å². The van der Waals surface area contributed by atoms with Gasteiger partial charge in [-0.2, -0.15) is 30.7 Å². The largest absolute Gasteiger partial charge is 0.485 e. The average molecular weight is 512 g/mol. The lowest BCUT2D eigenvalue weighted by Gasteiger charge is -2.37. The number of carbonyl (C=O) groups is 1. The normalized spacial score (nSPS) is 20.0. The molecule has 0 unspecified atom stereocenters. The number of ether oxygens (including phenoxy) is 2. The Morgan fingerprint density at radius 1 is 1.20 bits per heavy atom. The second kappa shape index (κ2) is 8.85. The Kier molecular flexibility index (Phi) is 6.57. The van der Waals surface area contributed by atoms with Crippen LogP contribution in [0.5, 0.6) is 5.75 Å². The van der Waals surface area contributed by atoms with Crippen LogP contribution in [0.25, 0.3) is 0 Å². The molecule has 1 atom stereocenters. The number of hydrogen-bond acceptors (Lipinski definition) is 6. The number of hydrogen-bond donors (Lipinski definition) is 2. The zero-order valence-electron chi connectivity index (χ0n) is 17.6. The van der Waals surface area contributed by atoms with Gasteiger partial charge in [0.1, 0.15) is 17.3 Å². The molecule has 1 aliphatic rings. The summed E-state index contributed by atoms with van der Waals surface area (Å²) in [6, 6.07) is 4.11. The molecular weight excluding hydrogens is 496 g/mol. The summed E-state index contributed by atoms with van der Waals surface area (Å²) in [5.74, 6) is -11.2. The molecule has 0 aliphatic carbocycles. The van der Waals surface area contributed by atoms with Crippen LogP contribution < -0.4 is 15.8 Å². The number of pyridine rings is 1. The van der Waals surface area contributed by atoms with E-state index in [0.29, 0.717) is 0 Å². The van der Waals surface area contributed by atoms with Gasteiger partial charge in [-0.3, -0.25) is 4.79 Å². The minimum atomic E-state index is -5.81. The Labute approximate surface area is 191 Å². The van der Waals surface area contributed by atoms with Gasteiger partial charge in [-0.1, -0.05) is 0 Å². The first-order chi connectivity index (χ1) is 16.1. The zero-order chi connectivity index (χ0) is 26.2. The lowest BCUT2D eigenvalue weighted by molar-refractivity contribution is -0.290. The molecule has 15 heteroatoms. The van der Waals surface area contributed by atoms with Crippen LogP contribution in [-0.4, -0.2) is 48.1 Å². The van der Waals surface area contributed by atoms with Gasteiger partial charge in [-0.15, -0.1) is 0 Å². The molecule has 1 aliphatic heterocycles. The number of benzene rings is 1. The highest BCUT2D eigenvalue weighted by molar-refractivity contribution is 6.02. The average Bonchev–Trinajstić information content (AvgIpc) is 2.76. The first-order valence-corrected chi connectivity index (χ1v) is 9.56. The van der Waals surface area contributed by atoms with Gasteiger partial charge in [-0.25, -0.2) is 14.4 Å². The van der Waals surface area contributed by atoms with Crippen molar-refractivity contribution in [2.75, 3.05) is 18.5 Å². The van der Waals surface area contributed by atoms with Crippen LogP contribution in [-0.2, 0) is 10.3 Å². The monoisotopic (exact) mass is 512 g/mol. The fraction of sp³-hybridized carbons (Fsp3) is 0.350. The highest BCUT2D eigenvalue weighted by Crippen LogP contribution is 2.45. The Morgan fingerprint density at radius 3 is 2.49 bits per heavy atom. The van der Waals surface area contributed by atoms with E-state index in [-0.39, 0.29) is 11.4 Å². The molecule has 0 bridgehead atoms. The molecule has 2 heterocycles. The summed E-state index contributed by atoms with van der Waals surface area (Å²) in [5, 5.41) is 2.28. The third kappa shape index (κ3) is 5.22. The van der Waals surface area contributed by atoms with Crippen molar-refractivity contribution in [3.8, 4) is 5.75 Å². The molecular formula is C20H16F8N4O3. The number of nitrogens with zero attached hydrogens (tertiary/aromatic N) is 2. The van der Waals surface area contributed by atoms with E-state index in [0.717, 1.165) is 43.5 Å². The van der Waals surface area contributed by atoms with Gasteiger partial charge in [0.25, 0.3) is 11.9 Å². The summed E-state index contributed by atoms with van der Waals surface area (Å²) in [6.45, 7) is -2.21. The van der Waals surface area contributed by atoms with Gasteiger partial charge in [0, 0.05) is 11.3 Å². The van der Waals surface area contributed by atoms with E-state index in [2.05, 4.69) is 24.8 Å². The number of aromatic nitrogens is 1. The van der Waals surface area contributed by atoms with Crippen LogP contribution >= 0.6 is 0 Å². The summed E-state index contributed by atoms with van der Waals surface area (Å²) >= 11 is 0. The number of nitrogens with one attached hydrogen (secondary N) is 1. The molecule has 0 radical (unpaired) electrons. The fourth-order valence-corrected chi connectivity index (χ4v) is 2.92. The Morgan fingerprint density at radius 2 is 1.89 bits per heavy atom. The van der Waals surface area contributed by atoms with Crippen molar-refractivity contribution in [3.63, 3.8) is 0 Å². The summed E-state index contributed by atoms with van der Waals surface area (Å²) in [6.07, 6.45) is -5.07.